The molecule has 0 saturated heterocycles. The van der Waals surface area contributed by atoms with Crippen LogP contribution in [-0.2, 0) is 65.4 Å². The second-order valence-electron chi connectivity index (χ2n) is 26.2. The maximum atomic E-state index is 13.0. The summed E-state index contributed by atoms with van der Waals surface area (Å²) in [6, 6.07) is 0. The second-order valence-corrected chi connectivity index (χ2v) is 29.1. The average molecular weight is 1310 g/mol. The van der Waals surface area contributed by atoms with E-state index in [1.165, 1.54) is 167 Å². The lowest BCUT2D eigenvalue weighted by Crippen LogP contribution is -2.30. The number of hydrogen-bond acceptors (Lipinski definition) is 15. The molecule has 3 N–H and O–H groups in total. The maximum Gasteiger partial charge on any atom is 0.472 e. The van der Waals surface area contributed by atoms with Gasteiger partial charge in [0.05, 0.1) is 26.4 Å². The van der Waals surface area contributed by atoms with Gasteiger partial charge >= 0.3 is 39.5 Å². The molecule has 0 bridgehead atoms. The SMILES string of the molecule is CCCCCCCCCCCCCCCCCCC(=O)O[C@H](COC(=O)CCCCCCCCCCCCC(C)C)COP(=O)(O)OC[C@@H](O)COP(=O)(O)OC[C@@H](COC(=O)CCCCCCCCC(C)C)OC(=O)CCCCCCCCCCCCC. The van der Waals surface area contributed by atoms with E-state index in [1.807, 2.05) is 0 Å². The number of phosphoric ester groups is 2. The lowest BCUT2D eigenvalue weighted by atomic mass is 10.0. The van der Waals surface area contributed by atoms with E-state index in [4.69, 9.17) is 37.0 Å². The van der Waals surface area contributed by atoms with Crippen LogP contribution in [0.15, 0.2) is 0 Å². The average Bonchev–Trinajstić information content (AvgIpc) is 3.68. The van der Waals surface area contributed by atoms with Gasteiger partial charge in [0.1, 0.15) is 19.3 Å². The van der Waals surface area contributed by atoms with Gasteiger partial charge in [-0.3, -0.25) is 37.3 Å². The van der Waals surface area contributed by atoms with Crippen LogP contribution in [-0.4, -0.2) is 96.7 Å². The van der Waals surface area contributed by atoms with Gasteiger partial charge in [-0.15, -0.1) is 0 Å². The largest absolute Gasteiger partial charge is 0.472 e. The lowest BCUT2D eigenvalue weighted by molar-refractivity contribution is -0.161. The van der Waals surface area contributed by atoms with Crippen molar-refractivity contribution in [3.8, 4) is 0 Å². The monoisotopic (exact) mass is 1310 g/mol. The van der Waals surface area contributed by atoms with Gasteiger partial charge in [0, 0.05) is 25.7 Å². The minimum atomic E-state index is -4.95. The predicted octanol–water partition coefficient (Wildman–Crippen LogP) is 20.0. The number of ether oxygens (including phenoxy) is 4. The van der Waals surface area contributed by atoms with Crippen LogP contribution in [0.5, 0.6) is 0 Å². The van der Waals surface area contributed by atoms with Crippen LogP contribution in [0, 0.1) is 11.8 Å². The Kier molecular flexibility index (Phi) is 60.8. The van der Waals surface area contributed by atoms with Gasteiger partial charge in [0.2, 0.25) is 0 Å². The molecular formula is C70H136O17P2. The molecule has 5 atom stereocenters. The van der Waals surface area contributed by atoms with Crippen LogP contribution in [0.25, 0.3) is 0 Å². The summed E-state index contributed by atoms with van der Waals surface area (Å²) in [5, 5.41) is 10.6. The number of carbonyl (C=O) groups is 4. The third-order valence-corrected chi connectivity index (χ3v) is 18.1. The fraction of sp³-hybridized carbons (Fsp3) is 0.943. The summed E-state index contributed by atoms with van der Waals surface area (Å²) in [4.78, 5) is 72.5. The van der Waals surface area contributed by atoms with E-state index >= 15 is 0 Å². The summed E-state index contributed by atoms with van der Waals surface area (Å²) >= 11 is 0. The van der Waals surface area contributed by atoms with Gasteiger partial charge in [-0.05, 0) is 37.5 Å². The minimum Gasteiger partial charge on any atom is -0.462 e. The molecule has 0 rings (SSSR count). The topological polar surface area (TPSA) is 237 Å². The molecule has 0 saturated carbocycles. The van der Waals surface area contributed by atoms with E-state index < -0.39 is 97.5 Å². The third-order valence-electron chi connectivity index (χ3n) is 16.2. The summed E-state index contributed by atoms with van der Waals surface area (Å²) in [5.41, 5.74) is 0. The molecule has 0 aromatic carbocycles. The summed E-state index contributed by atoms with van der Waals surface area (Å²) in [6.45, 7) is 9.46. The van der Waals surface area contributed by atoms with Gasteiger partial charge < -0.3 is 33.8 Å². The highest BCUT2D eigenvalue weighted by Gasteiger charge is 2.30. The van der Waals surface area contributed by atoms with Gasteiger partial charge in [-0.1, -0.05) is 305 Å². The van der Waals surface area contributed by atoms with E-state index in [2.05, 4.69) is 41.5 Å². The zero-order chi connectivity index (χ0) is 65.7. The van der Waals surface area contributed by atoms with Crippen molar-refractivity contribution < 1.29 is 80.2 Å². The van der Waals surface area contributed by atoms with Crippen molar-refractivity contribution in [2.24, 2.45) is 11.8 Å². The highest BCUT2D eigenvalue weighted by molar-refractivity contribution is 7.47. The lowest BCUT2D eigenvalue weighted by Gasteiger charge is -2.21. The van der Waals surface area contributed by atoms with E-state index in [9.17, 15) is 43.2 Å². The van der Waals surface area contributed by atoms with E-state index in [-0.39, 0.29) is 25.7 Å². The van der Waals surface area contributed by atoms with Crippen LogP contribution in [0.3, 0.4) is 0 Å². The third kappa shape index (κ3) is 64.6. The van der Waals surface area contributed by atoms with Crippen LogP contribution in [0.1, 0.15) is 356 Å². The van der Waals surface area contributed by atoms with Gasteiger partial charge in [-0.2, -0.15) is 0 Å². The first-order chi connectivity index (χ1) is 42.9. The quantitative estimate of drug-likeness (QED) is 0.0222. The number of rotatable bonds is 69. The number of aliphatic hydroxyl groups is 1. The zero-order valence-electron chi connectivity index (χ0n) is 57.7. The normalized spacial score (nSPS) is 14.1. The van der Waals surface area contributed by atoms with Crippen molar-refractivity contribution in [1.82, 2.24) is 0 Å². The molecule has 0 aliphatic carbocycles. The molecule has 0 aliphatic rings. The first-order valence-electron chi connectivity index (χ1n) is 36.5. The molecule has 0 amide bonds. The van der Waals surface area contributed by atoms with Gasteiger partial charge in [0.25, 0.3) is 0 Å². The molecule has 528 valence electrons. The second kappa shape index (κ2) is 62.2. The Labute approximate surface area is 543 Å². The molecule has 89 heavy (non-hydrogen) atoms. The predicted molar refractivity (Wildman–Crippen MR) is 358 cm³/mol. The fourth-order valence-electron chi connectivity index (χ4n) is 10.6. The molecule has 0 spiro atoms. The number of hydrogen-bond donors (Lipinski definition) is 3. The molecular weight excluding hydrogens is 1170 g/mol. The minimum absolute atomic E-state index is 0.106. The summed E-state index contributed by atoms with van der Waals surface area (Å²) in [5.74, 6) is -0.686. The Morgan fingerprint density at radius 2 is 0.517 bits per heavy atom. The molecule has 17 nitrogen and oxygen atoms in total. The smallest absolute Gasteiger partial charge is 0.462 e. The highest BCUT2D eigenvalue weighted by Crippen LogP contribution is 2.45. The van der Waals surface area contributed by atoms with Crippen molar-refractivity contribution in [1.29, 1.82) is 0 Å². The van der Waals surface area contributed by atoms with Crippen molar-refractivity contribution >= 4 is 39.5 Å². The molecule has 0 fully saturated rings. The van der Waals surface area contributed by atoms with Crippen LogP contribution >= 0.6 is 15.6 Å². The van der Waals surface area contributed by atoms with Crippen LogP contribution < -0.4 is 0 Å². The first-order valence-corrected chi connectivity index (χ1v) is 39.5. The Hall–Kier alpha value is -1.94. The van der Waals surface area contributed by atoms with Crippen molar-refractivity contribution in [2.75, 3.05) is 39.6 Å². The van der Waals surface area contributed by atoms with E-state index in [1.54, 1.807) is 0 Å². The number of unbranched alkanes of at least 4 members (excludes halogenated alkanes) is 39. The molecule has 2 unspecified atom stereocenters. The van der Waals surface area contributed by atoms with Crippen molar-refractivity contribution in [2.45, 2.75) is 374 Å². The van der Waals surface area contributed by atoms with Crippen LogP contribution in [0.2, 0.25) is 0 Å². The first kappa shape index (κ1) is 87.1. The fourth-order valence-corrected chi connectivity index (χ4v) is 12.2. The number of carbonyl (C=O) groups excluding carboxylic acids is 4. The number of esters is 4. The Balaban J connectivity index is 5.23. The standard InChI is InChI=1S/C70H136O17P2/c1-7-9-11-13-15-17-19-20-21-22-23-25-31-35-43-49-55-70(75)86-65(58-80-67(72)52-46-40-33-29-27-26-28-32-38-44-50-62(3)4)60-84-88(76,77)82-56-64(71)57-83-89(78,79)85-61-66(59-81-68(73)53-47-41-37-36-39-45-51-63(5)6)87-69(74)54-48-42-34-30-24-18-16-14-12-10-8-2/h62-66,71H,7-61H2,1-6H3,(H,76,77)(H,78,79)/t64-,65-,66-/m1/s1. The zero-order valence-corrected chi connectivity index (χ0v) is 59.5. The summed E-state index contributed by atoms with van der Waals surface area (Å²) < 4.78 is 68.2. The maximum absolute atomic E-state index is 13.0. The Bertz CT molecular complexity index is 1730. The molecule has 0 heterocycles. The molecule has 0 radical (unpaired) electrons. The molecule has 0 aromatic rings. The van der Waals surface area contributed by atoms with Crippen LogP contribution in [0.4, 0.5) is 0 Å². The van der Waals surface area contributed by atoms with E-state index in [0.29, 0.717) is 31.6 Å². The van der Waals surface area contributed by atoms with E-state index in [0.717, 1.165) is 102 Å². The highest BCUT2D eigenvalue weighted by atomic mass is 31.2. The van der Waals surface area contributed by atoms with Gasteiger partial charge in [-0.25, -0.2) is 9.13 Å². The summed E-state index contributed by atoms with van der Waals surface area (Å²) in [7, 11) is -9.90. The molecule has 19 heteroatoms. The molecule has 0 aliphatic heterocycles. The number of aliphatic hydroxyl groups excluding tert-OH is 1. The van der Waals surface area contributed by atoms with Gasteiger partial charge in [0.15, 0.2) is 12.2 Å². The summed E-state index contributed by atoms with van der Waals surface area (Å²) in [6.07, 6.45) is 47.3. The van der Waals surface area contributed by atoms with Crippen molar-refractivity contribution in [3.05, 3.63) is 0 Å². The Morgan fingerprint density at radius 1 is 0.303 bits per heavy atom. The number of phosphoric acid groups is 2. The molecule has 0 aromatic heterocycles. The van der Waals surface area contributed by atoms with Crippen molar-refractivity contribution in [3.63, 3.8) is 0 Å². The Morgan fingerprint density at radius 3 is 0.764 bits per heavy atom.